The fraction of sp³-hybridized carbons (Fsp3) is 0.552. The van der Waals surface area contributed by atoms with Crippen LogP contribution in [-0.4, -0.2) is 89.0 Å². The summed E-state index contributed by atoms with van der Waals surface area (Å²) in [4.78, 5) is 64.6. The predicted molar refractivity (Wildman–Crippen MR) is 156 cm³/mol. The number of nitrogens with zero attached hydrogens (tertiary/aromatic N) is 1. The molecular formula is C29H37N3O11S. The van der Waals surface area contributed by atoms with Crippen LogP contribution in [0.2, 0.25) is 0 Å². The number of fused-ring (bicyclic) bond motifs is 2. The summed E-state index contributed by atoms with van der Waals surface area (Å²) in [5, 5.41) is 14.3. The van der Waals surface area contributed by atoms with Crippen LogP contribution in [0.4, 0.5) is 9.59 Å². The number of carbonyl (C=O) groups is 5. The average molecular weight is 636 g/mol. The SMILES string of the molecule is COC(=O)[C@@H]1[C@@H]2[C@H]1S(=O)(=O)C[C@@]2(NC(=O)[C@H](Cc1cn(C(=O)OC(C)(C)C)c2ccccc12)NC(=O)OC(C)(C)C)C(=O)O. The van der Waals surface area contributed by atoms with Gasteiger partial charge in [-0.1, -0.05) is 18.2 Å². The van der Waals surface area contributed by atoms with Gasteiger partial charge in [0, 0.05) is 23.9 Å². The number of esters is 1. The van der Waals surface area contributed by atoms with Gasteiger partial charge in [-0.25, -0.2) is 22.8 Å². The van der Waals surface area contributed by atoms with Crippen molar-refractivity contribution in [3.8, 4) is 0 Å². The highest BCUT2D eigenvalue weighted by Gasteiger charge is 2.79. The number of para-hydroxylation sites is 1. The minimum Gasteiger partial charge on any atom is -0.479 e. The Morgan fingerprint density at radius 2 is 1.66 bits per heavy atom. The Morgan fingerprint density at radius 3 is 2.23 bits per heavy atom. The summed E-state index contributed by atoms with van der Waals surface area (Å²) in [5.74, 6) is -7.05. The van der Waals surface area contributed by atoms with Crippen LogP contribution in [-0.2, 0) is 44.9 Å². The molecule has 1 aromatic heterocycles. The third-order valence-corrected chi connectivity index (χ3v) is 9.66. The molecular weight excluding hydrogens is 598 g/mol. The Morgan fingerprint density at radius 1 is 1.05 bits per heavy atom. The van der Waals surface area contributed by atoms with Crippen LogP contribution in [0.3, 0.4) is 0 Å². The topological polar surface area (TPSA) is 196 Å². The number of carboxylic acids is 1. The molecule has 1 saturated carbocycles. The molecule has 0 spiro atoms. The standard InChI is InChI=1S/C29H37N3O11S/c1-27(2,3)42-25(37)30-17(12-15-13-32(26(38)43-28(4,5)6)18-11-9-8-10-16(15)18)22(33)31-29(24(35)36)14-44(39,40)21-19(20(21)29)23(34)41-7/h8-11,13,17,19-21H,12,14H2,1-7H3,(H,30,37)(H,31,33)(H,35,36)/t17-,19+,20+,21-,29-/m0/s1. The maximum Gasteiger partial charge on any atom is 0.419 e. The molecule has 4 rings (SSSR count). The zero-order chi connectivity index (χ0) is 33.0. The molecule has 1 saturated heterocycles. The Hall–Kier alpha value is -4.14. The van der Waals surface area contributed by atoms with Crippen molar-refractivity contribution in [2.75, 3.05) is 12.9 Å². The van der Waals surface area contributed by atoms with E-state index >= 15 is 0 Å². The molecule has 44 heavy (non-hydrogen) atoms. The smallest absolute Gasteiger partial charge is 0.419 e. The number of nitrogens with one attached hydrogen (secondary N) is 2. The number of amides is 2. The van der Waals surface area contributed by atoms with Crippen molar-refractivity contribution in [1.82, 2.24) is 15.2 Å². The van der Waals surface area contributed by atoms with E-state index in [1.165, 1.54) is 10.8 Å². The van der Waals surface area contributed by atoms with Gasteiger partial charge in [0.15, 0.2) is 15.4 Å². The number of carbonyl (C=O) groups excluding carboxylic acids is 4. The van der Waals surface area contributed by atoms with Crippen LogP contribution in [0.1, 0.15) is 47.1 Å². The molecule has 3 N–H and O–H groups in total. The summed E-state index contributed by atoms with van der Waals surface area (Å²) in [7, 11) is -3.04. The van der Waals surface area contributed by atoms with E-state index in [1.807, 2.05) is 0 Å². The molecule has 2 aliphatic rings. The summed E-state index contributed by atoms with van der Waals surface area (Å²) in [6.45, 7) is 9.95. The molecule has 1 aliphatic heterocycles. The normalized spacial score (nSPS) is 24.5. The summed E-state index contributed by atoms with van der Waals surface area (Å²) in [6.07, 6.45) is -0.477. The number of benzene rings is 1. The van der Waals surface area contributed by atoms with E-state index < -0.39 is 85.5 Å². The highest BCUT2D eigenvalue weighted by Crippen LogP contribution is 2.58. The van der Waals surface area contributed by atoms with Crippen molar-refractivity contribution in [1.29, 1.82) is 0 Å². The van der Waals surface area contributed by atoms with Gasteiger partial charge in [0.1, 0.15) is 17.2 Å². The largest absolute Gasteiger partial charge is 0.479 e. The third kappa shape index (κ3) is 6.37. The lowest BCUT2D eigenvalue weighted by molar-refractivity contribution is -0.149. The highest BCUT2D eigenvalue weighted by molar-refractivity contribution is 7.92. The van der Waals surface area contributed by atoms with E-state index in [0.29, 0.717) is 16.5 Å². The number of carboxylic acid groups (broad SMARTS) is 1. The molecule has 2 amide bonds. The maximum atomic E-state index is 13.8. The molecule has 0 unspecified atom stereocenters. The molecule has 15 heteroatoms. The monoisotopic (exact) mass is 635 g/mol. The fourth-order valence-corrected chi connectivity index (χ4v) is 8.38. The van der Waals surface area contributed by atoms with Gasteiger partial charge in [-0.05, 0) is 53.2 Å². The molecule has 0 radical (unpaired) electrons. The molecule has 2 aromatic rings. The van der Waals surface area contributed by atoms with Gasteiger partial charge in [-0.2, -0.15) is 0 Å². The number of hydrogen-bond donors (Lipinski definition) is 3. The lowest BCUT2D eigenvalue weighted by atomic mass is 9.92. The van der Waals surface area contributed by atoms with Crippen LogP contribution in [0, 0.1) is 11.8 Å². The van der Waals surface area contributed by atoms with E-state index in [0.717, 1.165) is 7.11 Å². The Labute approximate surface area is 254 Å². The predicted octanol–water partition coefficient (Wildman–Crippen LogP) is 2.02. The lowest BCUT2D eigenvalue weighted by Crippen LogP contribution is -2.63. The van der Waals surface area contributed by atoms with Crippen LogP contribution in [0.5, 0.6) is 0 Å². The number of alkyl carbamates (subject to hydrolysis) is 1. The van der Waals surface area contributed by atoms with Crippen molar-refractivity contribution in [3.63, 3.8) is 0 Å². The lowest BCUT2D eigenvalue weighted by Gasteiger charge is -2.30. The molecule has 1 aliphatic carbocycles. The number of aromatic nitrogens is 1. The molecule has 1 aromatic carbocycles. The van der Waals surface area contributed by atoms with Crippen LogP contribution in [0.25, 0.3) is 10.9 Å². The van der Waals surface area contributed by atoms with E-state index in [9.17, 15) is 37.5 Å². The Balaban J connectivity index is 1.72. The van der Waals surface area contributed by atoms with E-state index in [1.54, 1.807) is 65.8 Å². The van der Waals surface area contributed by atoms with Gasteiger partial charge < -0.3 is 30.0 Å². The first-order valence-electron chi connectivity index (χ1n) is 13.9. The minimum absolute atomic E-state index is 0.252. The quantitative estimate of drug-likeness (QED) is 0.297. The Kier molecular flexibility index (Phi) is 8.26. The second-order valence-corrected chi connectivity index (χ2v) is 15.2. The first kappa shape index (κ1) is 32.8. The number of methoxy groups -OCH3 is 1. The van der Waals surface area contributed by atoms with E-state index in [-0.39, 0.29) is 6.42 Å². The second kappa shape index (κ2) is 11.1. The average Bonchev–Trinajstić information content (AvgIpc) is 3.48. The zero-order valence-electron chi connectivity index (χ0n) is 25.5. The molecule has 240 valence electrons. The fourth-order valence-electron chi connectivity index (χ4n) is 5.68. The van der Waals surface area contributed by atoms with Gasteiger partial charge in [-0.15, -0.1) is 0 Å². The molecule has 5 atom stereocenters. The summed E-state index contributed by atoms with van der Waals surface area (Å²) in [5.41, 5.74) is -3.23. The van der Waals surface area contributed by atoms with Gasteiger partial charge in [-0.3, -0.25) is 14.2 Å². The van der Waals surface area contributed by atoms with Crippen molar-refractivity contribution in [2.45, 2.75) is 76.0 Å². The third-order valence-electron chi connectivity index (χ3n) is 7.38. The summed E-state index contributed by atoms with van der Waals surface area (Å²) < 4.78 is 42.5. The molecule has 14 nitrogen and oxygen atoms in total. The Bertz CT molecular complexity index is 1630. The van der Waals surface area contributed by atoms with E-state index in [2.05, 4.69) is 15.4 Å². The minimum atomic E-state index is -4.10. The van der Waals surface area contributed by atoms with Crippen molar-refractivity contribution >= 4 is 50.8 Å². The van der Waals surface area contributed by atoms with Gasteiger partial charge >= 0.3 is 24.1 Å². The van der Waals surface area contributed by atoms with Gasteiger partial charge in [0.05, 0.1) is 29.5 Å². The van der Waals surface area contributed by atoms with E-state index in [4.69, 9.17) is 9.47 Å². The first-order valence-corrected chi connectivity index (χ1v) is 15.6. The number of sulfone groups is 1. The molecule has 2 fully saturated rings. The van der Waals surface area contributed by atoms with Crippen molar-refractivity contribution in [2.24, 2.45) is 11.8 Å². The first-order chi connectivity index (χ1) is 20.2. The molecule has 2 heterocycles. The number of aliphatic carboxylic acids is 1. The van der Waals surface area contributed by atoms with Crippen LogP contribution < -0.4 is 10.6 Å². The van der Waals surface area contributed by atoms with Crippen molar-refractivity contribution in [3.05, 3.63) is 36.0 Å². The number of ether oxygens (including phenoxy) is 3. The maximum absolute atomic E-state index is 13.8. The molecule has 0 bridgehead atoms. The summed E-state index contributed by atoms with van der Waals surface area (Å²) in [6, 6.07) is 5.30. The second-order valence-electron chi connectivity index (χ2n) is 13.0. The zero-order valence-corrected chi connectivity index (χ0v) is 26.3. The van der Waals surface area contributed by atoms with Gasteiger partial charge in [0.2, 0.25) is 5.91 Å². The highest BCUT2D eigenvalue weighted by atomic mass is 32.2. The van der Waals surface area contributed by atoms with Crippen LogP contribution in [0.15, 0.2) is 30.5 Å². The number of rotatable bonds is 7. The van der Waals surface area contributed by atoms with Gasteiger partial charge in [0.25, 0.3) is 0 Å². The number of hydrogen-bond acceptors (Lipinski definition) is 10. The van der Waals surface area contributed by atoms with Crippen LogP contribution >= 0.6 is 0 Å². The van der Waals surface area contributed by atoms with Crippen molar-refractivity contribution < 1.29 is 51.7 Å². The summed E-state index contributed by atoms with van der Waals surface area (Å²) >= 11 is 0.